The van der Waals surface area contributed by atoms with E-state index in [2.05, 4.69) is 22.2 Å². The quantitative estimate of drug-likeness (QED) is 0.878. The molecule has 0 aromatic carbocycles. The van der Waals surface area contributed by atoms with Crippen LogP contribution in [0.1, 0.15) is 24.8 Å². The lowest BCUT2D eigenvalue weighted by atomic mass is 10.2. The van der Waals surface area contributed by atoms with Gasteiger partial charge in [-0.1, -0.05) is 25.1 Å². The summed E-state index contributed by atoms with van der Waals surface area (Å²) in [6, 6.07) is 0. The molecular formula is C11H17N3S2. The molecule has 1 unspecified atom stereocenters. The van der Waals surface area contributed by atoms with Crippen LogP contribution in [-0.4, -0.2) is 28.5 Å². The Morgan fingerprint density at radius 1 is 1.56 bits per heavy atom. The van der Waals surface area contributed by atoms with Crippen LogP contribution >= 0.6 is 23.1 Å². The third-order valence-corrected chi connectivity index (χ3v) is 4.48. The van der Waals surface area contributed by atoms with E-state index >= 15 is 0 Å². The van der Waals surface area contributed by atoms with Crippen molar-refractivity contribution in [2.24, 2.45) is 4.99 Å². The number of nitrogens with one attached hydrogen (secondary N) is 1. The zero-order valence-electron chi connectivity index (χ0n) is 9.48. The second-order valence-electron chi connectivity index (χ2n) is 3.78. The molecule has 1 aromatic rings. The zero-order valence-corrected chi connectivity index (χ0v) is 11.1. The van der Waals surface area contributed by atoms with Crippen molar-refractivity contribution >= 4 is 28.3 Å². The second-order valence-corrected chi connectivity index (χ2v) is 6.05. The molecule has 1 N–H and O–H groups in total. The molecule has 1 aliphatic heterocycles. The summed E-state index contributed by atoms with van der Waals surface area (Å²) in [4.78, 5) is 8.76. The molecule has 2 rings (SSSR count). The van der Waals surface area contributed by atoms with Gasteiger partial charge in [0.1, 0.15) is 0 Å². The number of aromatic nitrogens is 1. The molecule has 0 bridgehead atoms. The molecule has 3 nitrogen and oxygen atoms in total. The van der Waals surface area contributed by atoms with Gasteiger partial charge in [0.05, 0.1) is 11.6 Å². The van der Waals surface area contributed by atoms with Crippen molar-refractivity contribution in [3.8, 4) is 0 Å². The van der Waals surface area contributed by atoms with E-state index in [4.69, 9.17) is 0 Å². The maximum Gasteiger partial charge on any atom is 0.156 e. The summed E-state index contributed by atoms with van der Waals surface area (Å²) in [5, 5.41) is 8.43. The summed E-state index contributed by atoms with van der Waals surface area (Å²) >= 11 is 3.61. The summed E-state index contributed by atoms with van der Waals surface area (Å²) in [5.41, 5.74) is 0. The van der Waals surface area contributed by atoms with Gasteiger partial charge in [-0.2, -0.15) is 0 Å². The number of nitrogens with zero attached hydrogens (tertiary/aromatic N) is 2. The second kappa shape index (κ2) is 6.25. The number of amidine groups is 1. The van der Waals surface area contributed by atoms with Crippen LogP contribution in [0.25, 0.3) is 0 Å². The van der Waals surface area contributed by atoms with Crippen molar-refractivity contribution in [3.63, 3.8) is 0 Å². The largest absolute Gasteiger partial charge is 0.364 e. The third kappa shape index (κ3) is 3.49. The number of thiazole rings is 1. The highest BCUT2D eigenvalue weighted by Crippen LogP contribution is 2.23. The molecule has 16 heavy (non-hydrogen) atoms. The maximum absolute atomic E-state index is 4.51. The average Bonchev–Trinajstić information content (AvgIpc) is 2.90. The van der Waals surface area contributed by atoms with Gasteiger partial charge in [0.15, 0.2) is 5.17 Å². The molecule has 0 aliphatic carbocycles. The minimum atomic E-state index is 0.701. The topological polar surface area (TPSA) is 37.3 Å². The fourth-order valence-corrected chi connectivity index (χ4v) is 3.41. The van der Waals surface area contributed by atoms with Gasteiger partial charge in [-0.25, -0.2) is 4.98 Å². The highest BCUT2D eigenvalue weighted by Gasteiger charge is 2.17. The Morgan fingerprint density at radius 2 is 2.50 bits per heavy atom. The summed E-state index contributed by atoms with van der Waals surface area (Å²) in [5.74, 6) is 0. The molecule has 88 valence electrons. The van der Waals surface area contributed by atoms with Gasteiger partial charge in [0, 0.05) is 29.8 Å². The minimum Gasteiger partial charge on any atom is -0.364 e. The Bertz CT molecular complexity index is 335. The summed E-state index contributed by atoms with van der Waals surface area (Å²) in [7, 11) is 0. The van der Waals surface area contributed by atoms with Crippen molar-refractivity contribution in [2.75, 3.05) is 13.1 Å². The lowest BCUT2D eigenvalue weighted by molar-refractivity contribution is 0.753. The molecule has 0 saturated heterocycles. The molecular weight excluding hydrogens is 238 g/mol. The van der Waals surface area contributed by atoms with Gasteiger partial charge >= 0.3 is 0 Å². The Morgan fingerprint density at radius 3 is 3.25 bits per heavy atom. The van der Waals surface area contributed by atoms with Crippen LogP contribution < -0.4 is 5.32 Å². The fraction of sp³-hybridized carbons (Fsp3) is 0.636. The van der Waals surface area contributed by atoms with Crippen LogP contribution in [0.3, 0.4) is 0 Å². The van der Waals surface area contributed by atoms with Crippen molar-refractivity contribution in [3.05, 3.63) is 16.6 Å². The SMILES string of the molecule is CCCC1CN=C(NCCc2nccs2)S1. The first-order valence-corrected chi connectivity index (χ1v) is 7.47. The molecule has 1 aromatic heterocycles. The summed E-state index contributed by atoms with van der Waals surface area (Å²) < 4.78 is 0. The van der Waals surface area contributed by atoms with Gasteiger partial charge < -0.3 is 5.32 Å². The molecule has 0 saturated carbocycles. The zero-order chi connectivity index (χ0) is 11.2. The van der Waals surface area contributed by atoms with Crippen LogP contribution in [-0.2, 0) is 6.42 Å². The van der Waals surface area contributed by atoms with Crippen LogP contribution in [0, 0.1) is 0 Å². The molecule has 1 atom stereocenters. The predicted molar refractivity (Wildman–Crippen MR) is 72.4 cm³/mol. The highest BCUT2D eigenvalue weighted by atomic mass is 32.2. The standard InChI is InChI=1S/C11H17N3S2/c1-2-3-9-8-14-11(16-9)13-5-4-10-12-6-7-15-10/h6-7,9H,2-5,8H2,1H3,(H,13,14). The Balaban J connectivity index is 1.64. The van der Waals surface area contributed by atoms with Crippen LogP contribution in [0.4, 0.5) is 0 Å². The van der Waals surface area contributed by atoms with Gasteiger partial charge in [-0.05, 0) is 6.42 Å². The van der Waals surface area contributed by atoms with Crippen LogP contribution in [0.2, 0.25) is 0 Å². The summed E-state index contributed by atoms with van der Waals surface area (Å²) in [6.45, 7) is 4.16. The van der Waals surface area contributed by atoms with E-state index in [9.17, 15) is 0 Å². The van der Waals surface area contributed by atoms with E-state index in [1.54, 1.807) is 11.3 Å². The lowest BCUT2D eigenvalue weighted by Crippen LogP contribution is -2.22. The molecule has 0 radical (unpaired) electrons. The number of hydrogen-bond donors (Lipinski definition) is 1. The number of thioether (sulfide) groups is 1. The van der Waals surface area contributed by atoms with Crippen molar-refractivity contribution < 1.29 is 0 Å². The van der Waals surface area contributed by atoms with Gasteiger partial charge in [0.25, 0.3) is 0 Å². The van der Waals surface area contributed by atoms with E-state index in [0.29, 0.717) is 5.25 Å². The van der Waals surface area contributed by atoms with Gasteiger partial charge in [0.2, 0.25) is 0 Å². The van der Waals surface area contributed by atoms with E-state index in [1.165, 1.54) is 17.8 Å². The predicted octanol–water partition coefficient (Wildman–Crippen LogP) is 2.55. The first-order valence-electron chi connectivity index (χ1n) is 5.72. The first kappa shape index (κ1) is 11.9. The Kier molecular flexibility index (Phi) is 4.66. The van der Waals surface area contributed by atoms with Gasteiger partial charge in [-0.3, -0.25) is 4.99 Å². The van der Waals surface area contributed by atoms with Crippen LogP contribution in [0.5, 0.6) is 0 Å². The number of rotatable bonds is 5. The monoisotopic (exact) mass is 255 g/mol. The fourth-order valence-electron chi connectivity index (χ4n) is 1.64. The highest BCUT2D eigenvalue weighted by molar-refractivity contribution is 8.14. The Labute approximate surface area is 105 Å². The molecule has 0 spiro atoms. The first-order chi connectivity index (χ1) is 7.88. The van der Waals surface area contributed by atoms with E-state index in [0.717, 1.165) is 24.7 Å². The maximum atomic E-state index is 4.51. The Hall–Kier alpha value is -0.550. The van der Waals surface area contributed by atoms with Crippen LogP contribution in [0.15, 0.2) is 16.6 Å². The minimum absolute atomic E-state index is 0.701. The normalized spacial score (nSPS) is 19.8. The lowest BCUT2D eigenvalue weighted by Gasteiger charge is -2.06. The number of hydrogen-bond acceptors (Lipinski definition) is 5. The van der Waals surface area contributed by atoms with Crippen molar-refractivity contribution in [1.29, 1.82) is 0 Å². The van der Waals surface area contributed by atoms with Crippen molar-refractivity contribution in [1.82, 2.24) is 10.3 Å². The molecule has 0 fully saturated rings. The molecule has 1 aliphatic rings. The van der Waals surface area contributed by atoms with E-state index in [1.807, 2.05) is 23.3 Å². The average molecular weight is 255 g/mol. The van der Waals surface area contributed by atoms with E-state index < -0.39 is 0 Å². The molecule has 2 heterocycles. The van der Waals surface area contributed by atoms with E-state index in [-0.39, 0.29) is 0 Å². The van der Waals surface area contributed by atoms with Gasteiger partial charge in [-0.15, -0.1) is 11.3 Å². The molecule has 0 amide bonds. The smallest absolute Gasteiger partial charge is 0.156 e. The van der Waals surface area contributed by atoms with Crippen molar-refractivity contribution in [2.45, 2.75) is 31.4 Å². The summed E-state index contributed by atoms with van der Waals surface area (Å²) in [6.07, 6.45) is 5.38. The molecule has 5 heteroatoms. The third-order valence-electron chi connectivity index (χ3n) is 2.43. The number of aliphatic imine (C=N–C) groups is 1.